The van der Waals surface area contributed by atoms with Gasteiger partial charge in [-0.05, 0) is 47.8 Å². The summed E-state index contributed by atoms with van der Waals surface area (Å²) in [5.74, 6) is 0.739. The Hall–Kier alpha value is -4.30. The summed E-state index contributed by atoms with van der Waals surface area (Å²) in [6.07, 6.45) is -1.54. The molecule has 4 rings (SSSR count). The van der Waals surface area contributed by atoms with E-state index in [-0.39, 0.29) is 31.4 Å². The van der Waals surface area contributed by atoms with Crippen molar-refractivity contribution in [3.63, 3.8) is 0 Å². The topological polar surface area (TPSA) is 154 Å². The number of benzene rings is 3. The van der Waals surface area contributed by atoms with E-state index in [9.17, 15) is 19.6 Å². The molecular weight excluding hydrogens is 559 g/mol. The van der Waals surface area contributed by atoms with Crippen molar-refractivity contribution in [1.29, 1.82) is 0 Å². The molecular formula is C30H35BN2O10. The highest BCUT2D eigenvalue weighted by molar-refractivity contribution is 6.58. The molecule has 3 aromatic rings. The molecule has 1 aliphatic heterocycles. The van der Waals surface area contributed by atoms with Crippen LogP contribution in [-0.4, -0.2) is 62.8 Å². The Bertz CT molecular complexity index is 1340. The van der Waals surface area contributed by atoms with Gasteiger partial charge in [0.05, 0.1) is 26.9 Å². The van der Waals surface area contributed by atoms with E-state index in [0.717, 1.165) is 5.56 Å². The minimum atomic E-state index is -1.69. The Kier molecular flexibility index (Phi) is 11.2. The van der Waals surface area contributed by atoms with Crippen LogP contribution in [0.2, 0.25) is 0 Å². The predicted octanol–water partition coefficient (Wildman–Crippen LogP) is 3.25. The molecule has 1 aliphatic rings. The lowest BCUT2D eigenvalue weighted by molar-refractivity contribution is -0.378. The molecule has 0 bridgehead atoms. The minimum Gasteiger partial charge on any atom is -0.496 e. The van der Waals surface area contributed by atoms with E-state index in [0.29, 0.717) is 34.7 Å². The fourth-order valence-electron chi connectivity index (χ4n) is 4.56. The van der Waals surface area contributed by atoms with Gasteiger partial charge < -0.3 is 43.8 Å². The molecule has 3 aromatic carbocycles. The maximum absolute atomic E-state index is 12.6. The molecule has 1 atom stereocenters. The van der Waals surface area contributed by atoms with Crippen molar-refractivity contribution in [2.45, 2.75) is 45.0 Å². The van der Waals surface area contributed by atoms with Crippen LogP contribution < -0.4 is 25.6 Å². The number of hydrogen-bond donors (Lipinski definition) is 4. The Morgan fingerprint density at radius 1 is 0.930 bits per heavy atom. The molecule has 2 amide bonds. The largest absolute Gasteiger partial charge is 0.496 e. The number of ether oxygens (including phenoxy) is 6. The standard InChI is InChI=1S/C30H35BN2O10/c1-19-42-28(43-19)17-25(33-30(35)41-18-20-8-5-4-6-9-20)21-10-7-11-23(14-21)32-29(34)40-13-12-24-26(38-2)15-22(31(36)37)16-27(24)39-3/h4-11,14-16,19,25,28,36-37H,12-13,17-18H2,1-3H3,(H,32,34)(H,33,35)/t19?,25-,28?/m1/s1. The zero-order chi connectivity index (χ0) is 30.8. The van der Waals surface area contributed by atoms with Gasteiger partial charge in [0.1, 0.15) is 18.1 Å². The van der Waals surface area contributed by atoms with Crippen molar-refractivity contribution in [3.05, 3.63) is 83.4 Å². The van der Waals surface area contributed by atoms with Crippen molar-refractivity contribution < 1.29 is 48.1 Å². The van der Waals surface area contributed by atoms with Crippen LogP contribution in [-0.2, 0) is 32.0 Å². The highest BCUT2D eigenvalue weighted by atomic mass is 16.9. The third kappa shape index (κ3) is 9.09. The van der Waals surface area contributed by atoms with Gasteiger partial charge in [-0.25, -0.2) is 9.59 Å². The summed E-state index contributed by atoms with van der Waals surface area (Å²) in [6.45, 7) is 1.89. The predicted molar refractivity (Wildman–Crippen MR) is 157 cm³/mol. The lowest BCUT2D eigenvalue weighted by Crippen LogP contribution is -2.42. The highest BCUT2D eigenvalue weighted by Gasteiger charge is 2.31. The lowest BCUT2D eigenvalue weighted by Gasteiger charge is -2.36. The zero-order valence-electron chi connectivity index (χ0n) is 24.1. The Morgan fingerprint density at radius 2 is 1.63 bits per heavy atom. The summed E-state index contributed by atoms with van der Waals surface area (Å²) >= 11 is 0. The number of hydrogen-bond acceptors (Lipinski definition) is 10. The molecule has 1 fully saturated rings. The molecule has 43 heavy (non-hydrogen) atoms. The second-order valence-electron chi connectivity index (χ2n) is 9.68. The van der Waals surface area contributed by atoms with Gasteiger partial charge in [0.2, 0.25) is 0 Å². The number of carbonyl (C=O) groups excluding carboxylic acids is 2. The molecule has 0 aromatic heterocycles. The molecule has 228 valence electrons. The fraction of sp³-hybridized carbons (Fsp3) is 0.333. The smallest absolute Gasteiger partial charge is 0.488 e. The maximum atomic E-state index is 12.6. The summed E-state index contributed by atoms with van der Waals surface area (Å²) in [5.41, 5.74) is 2.82. The highest BCUT2D eigenvalue weighted by Crippen LogP contribution is 2.30. The van der Waals surface area contributed by atoms with E-state index in [4.69, 9.17) is 28.4 Å². The van der Waals surface area contributed by atoms with Crippen LogP contribution in [0.25, 0.3) is 0 Å². The van der Waals surface area contributed by atoms with Crippen molar-refractivity contribution in [2.75, 3.05) is 26.1 Å². The first-order valence-electron chi connectivity index (χ1n) is 13.7. The monoisotopic (exact) mass is 594 g/mol. The summed E-state index contributed by atoms with van der Waals surface area (Å²) in [5, 5.41) is 24.6. The van der Waals surface area contributed by atoms with Crippen molar-refractivity contribution in [2.24, 2.45) is 0 Å². The SMILES string of the molecule is COc1cc(B(O)O)cc(OC)c1CCOC(=O)Nc1cccc([C@@H](CC2OC(C)O2)NC(=O)OCc2ccccc2)c1. The van der Waals surface area contributed by atoms with E-state index in [1.807, 2.05) is 36.4 Å². The van der Waals surface area contributed by atoms with E-state index < -0.39 is 31.6 Å². The van der Waals surface area contributed by atoms with Gasteiger partial charge in [0.15, 0.2) is 12.6 Å². The van der Waals surface area contributed by atoms with Crippen LogP contribution in [0.4, 0.5) is 15.3 Å². The normalized spacial score (nSPS) is 16.3. The number of nitrogens with one attached hydrogen (secondary N) is 2. The first-order valence-corrected chi connectivity index (χ1v) is 13.7. The summed E-state index contributed by atoms with van der Waals surface area (Å²) in [7, 11) is 1.20. The average molecular weight is 594 g/mol. The zero-order valence-corrected chi connectivity index (χ0v) is 24.1. The summed E-state index contributed by atoms with van der Waals surface area (Å²) in [6, 6.07) is 18.7. The van der Waals surface area contributed by atoms with Crippen LogP contribution in [0, 0.1) is 0 Å². The first kappa shape index (κ1) is 31.6. The molecule has 0 aliphatic carbocycles. The van der Waals surface area contributed by atoms with Gasteiger partial charge in [-0.1, -0.05) is 42.5 Å². The van der Waals surface area contributed by atoms with Crippen molar-refractivity contribution in [1.82, 2.24) is 5.32 Å². The lowest BCUT2D eigenvalue weighted by atomic mass is 9.79. The van der Waals surface area contributed by atoms with E-state index in [2.05, 4.69) is 10.6 Å². The molecule has 13 heteroatoms. The maximum Gasteiger partial charge on any atom is 0.488 e. The van der Waals surface area contributed by atoms with Gasteiger partial charge in [-0.2, -0.15) is 0 Å². The molecule has 0 radical (unpaired) electrons. The average Bonchev–Trinajstić information content (AvgIpc) is 2.99. The number of methoxy groups -OCH3 is 2. The molecule has 12 nitrogen and oxygen atoms in total. The number of alkyl carbamates (subject to hydrolysis) is 1. The minimum absolute atomic E-state index is 0.00868. The van der Waals surface area contributed by atoms with Crippen molar-refractivity contribution in [3.8, 4) is 11.5 Å². The van der Waals surface area contributed by atoms with Crippen LogP contribution in [0.15, 0.2) is 66.7 Å². The second kappa shape index (κ2) is 15.3. The molecule has 1 heterocycles. The molecule has 0 spiro atoms. The van der Waals surface area contributed by atoms with Gasteiger partial charge in [0.25, 0.3) is 0 Å². The van der Waals surface area contributed by atoms with Crippen LogP contribution in [0.3, 0.4) is 0 Å². The Labute approximate surface area is 250 Å². The summed E-state index contributed by atoms with van der Waals surface area (Å²) < 4.78 is 32.7. The van der Waals surface area contributed by atoms with Gasteiger partial charge in [-0.15, -0.1) is 0 Å². The number of rotatable bonds is 13. The third-order valence-electron chi connectivity index (χ3n) is 6.67. The molecule has 4 N–H and O–H groups in total. The quantitative estimate of drug-likeness (QED) is 0.217. The number of amides is 2. The van der Waals surface area contributed by atoms with E-state index in [1.165, 1.54) is 26.4 Å². The fourth-order valence-corrected chi connectivity index (χ4v) is 4.56. The number of anilines is 1. The van der Waals surface area contributed by atoms with Crippen LogP contribution in [0.5, 0.6) is 11.5 Å². The van der Waals surface area contributed by atoms with Crippen molar-refractivity contribution >= 4 is 30.5 Å². The molecule has 1 saturated heterocycles. The van der Waals surface area contributed by atoms with E-state index >= 15 is 0 Å². The van der Waals surface area contributed by atoms with Crippen LogP contribution in [0.1, 0.15) is 36.1 Å². The number of carbonyl (C=O) groups is 2. The second-order valence-corrected chi connectivity index (χ2v) is 9.68. The Balaban J connectivity index is 1.36. The van der Waals surface area contributed by atoms with E-state index in [1.54, 1.807) is 25.1 Å². The first-order chi connectivity index (χ1) is 20.7. The summed E-state index contributed by atoms with van der Waals surface area (Å²) in [4.78, 5) is 25.3. The Morgan fingerprint density at radius 3 is 2.26 bits per heavy atom. The van der Waals surface area contributed by atoms with Gasteiger partial charge in [0, 0.05) is 24.1 Å². The van der Waals surface area contributed by atoms with Gasteiger partial charge >= 0.3 is 19.3 Å². The molecule has 0 saturated carbocycles. The van der Waals surface area contributed by atoms with Gasteiger partial charge in [-0.3, -0.25) is 5.32 Å². The van der Waals surface area contributed by atoms with Crippen LogP contribution >= 0.6 is 0 Å². The third-order valence-corrected chi connectivity index (χ3v) is 6.67. The molecule has 0 unspecified atom stereocenters.